The molecule has 1 aliphatic rings. The summed E-state index contributed by atoms with van der Waals surface area (Å²) in [5.41, 5.74) is 8.93. The molecule has 3 rings (SSSR count). The predicted molar refractivity (Wildman–Crippen MR) is 196 cm³/mol. The predicted octanol–water partition coefficient (Wildman–Crippen LogP) is 11.0. The topological polar surface area (TPSA) is 15.7 Å². The molecule has 43 heavy (non-hydrogen) atoms. The Morgan fingerprint density at radius 2 is 1.63 bits per heavy atom. The van der Waals surface area contributed by atoms with Gasteiger partial charge in [0.1, 0.15) is 11.4 Å². The molecule has 0 saturated carbocycles. The highest BCUT2D eigenvalue weighted by molar-refractivity contribution is 8.12. The summed E-state index contributed by atoms with van der Waals surface area (Å²) in [5.74, 6) is 5.79. The SMILES string of the molecule is C=C(C)CC.C=C(OC(C)(C)C)C(C(C)c1c(C)ccc(C)c1C)N1CCCc2c(ccc(Cl)c2CN(C)C)S1=C.CC. The average molecular weight is 629 g/mol. The van der Waals surface area contributed by atoms with Crippen LogP contribution in [0.3, 0.4) is 0 Å². The third-order valence-corrected chi connectivity index (χ3v) is 9.98. The summed E-state index contributed by atoms with van der Waals surface area (Å²) in [6.45, 7) is 33.4. The second kappa shape index (κ2) is 17.6. The fourth-order valence-corrected chi connectivity index (χ4v) is 7.67. The van der Waals surface area contributed by atoms with Gasteiger partial charge in [0.15, 0.2) is 0 Å². The quantitative estimate of drug-likeness (QED) is 0.164. The van der Waals surface area contributed by atoms with Crippen molar-refractivity contribution in [1.82, 2.24) is 9.21 Å². The lowest BCUT2D eigenvalue weighted by atomic mass is 9.84. The number of hydrogen-bond acceptors (Lipinski definition) is 3. The lowest BCUT2D eigenvalue weighted by Crippen LogP contribution is -2.40. The van der Waals surface area contributed by atoms with Crippen LogP contribution in [0.1, 0.15) is 108 Å². The normalized spacial score (nSPS) is 16.5. The number of benzene rings is 2. The Morgan fingerprint density at radius 1 is 1.07 bits per heavy atom. The largest absolute Gasteiger partial charge is 0.491 e. The minimum absolute atomic E-state index is 0.00295. The summed E-state index contributed by atoms with van der Waals surface area (Å²) < 4.78 is 9.05. The van der Waals surface area contributed by atoms with E-state index < -0.39 is 0 Å². The molecule has 0 N–H and O–H groups in total. The molecule has 0 aliphatic carbocycles. The molecular weight excluding hydrogens is 568 g/mol. The zero-order chi connectivity index (χ0) is 33.2. The zero-order valence-corrected chi connectivity index (χ0v) is 31.3. The van der Waals surface area contributed by atoms with Crippen LogP contribution in [0, 0.1) is 20.8 Å². The van der Waals surface area contributed by atoms with Gasteiger partial charge in [-0.25, -0.2) is 4.31 Å². The van der Waals surface area contributed by atoms with Crippen molar-refractivity contribution in [2.24, 2.45) is 0 Å². The van der Waals surface area contributed by atoms with Gasteiger partial charge in [0, 0.05) is 28.9 Å². The fraction of sp³-hybridized carbons (Fsp3) is 0.553. The van der Waals surface area contributed by atoms with Crippen LogP contribution in [-0.4, -0.2) is 47.4 Å². The van der Waals surface area contributed by atoms with Crippen molar-refractivity contribution in [3.63, 3.8) is 0 Å². The molecule has 3 unspecified atom stereocenters. The summed E-state index contributed by atoms with van der Waals surface area (Å²) in [7, 11) is 3.82. The molecule has 5 heteroatoms. The van der Waals surface area contributed by atoms with Crippen LogP contribution in [-0.2, 0) is 17.7 Å². The third-order valence-electron chi connectivity index (χ3n) is 7.76. The summed E-state index contributed by atoms with van der Waals surface area (Å²) >= 11 is 6.72. The van der Waals surface area contributed by atoms with Gasteiger partial charge in [0.05, 0.1) is 6.04 Å². The maximum absolute atomic E-state index is 6.72. The summed E-state index contributed by atoms with van der Waals surface area (Å²) in [5, 5.41) is 0.851. The van der Waals surface area contributed by atoms with Gasteiger partial charge in [0.2, 0.25) is 0 Å². The Kier molecular flexibility index (Phi) is 16.0. The Bertz CT molecular complexity index is 1260. The van der Waals surface area contributed by atoms with E-state index in [1.54, 1.807) is 0 Å². The first kappa shape index (κ1) is 39.2. The van der Waals surface area contributed by atoms with E-state index in [2.05, 4.69) is 116 Å². The molecule has 0 aromatic heterocycles. The highest BCUT2D eigenvalue weighted by Crippen LogP contribution is 2.45. The fourth-order valence-electron chi connectivity index (χ4n) is 5.52. The molecule has 2 aromatic carbocycles. The Labute approximate surface area is 273 Å². The van der Waals surface area contributed by atoms with E-state index in [0.29, 0.717) is 0 Å². The van der Waals surface area contributed by atoms with Crippen LogP contribution >= 0.6 is 22.3 Å². The van der Waals surface area contributed by atoms with Gasteiger partial charge in [0.25, 0.3) is 0 Å². The number of fused-ring (bicyclic) bond motifs is 1. The van der Waals surface area contributed by atoms with Gasteiger partial charge in [-0.15, -0.1) is 6.58 Å². The summed E-state index contributed by atoms with van der Waals surface area (Å²) in [6, 6.07) is 8.73. The maximum atomic E-state index is 6.72. The van der Waals surface area contributed by atoms with Gasteiger partial charge in [-0.1, -0.05) is 80.1 Å². The Morgan fingerprint density at radius 3 is 2.14 bits per heavy atom. The highest BCUT2D eigenvalue weighted by Gasteiger charge is 2.36. The molecule has 0 spiro atoms. The van der Waals surface area contributed by atoms with Crippen LogP contribution < -0.4 is 0 Å². The molecule has 0 saturated heterocycles. The van der Waals surface area contributed by atoms with Crippen molar-refractivity contribution in [3.8, 4) is 0 Å². The van der Waals surface area contributed by atoms with Gasteiger partial charge in [-0.05, 0) is 127 Å². The Balaban J connectivity index is 0.00000120. The molecule has 0 bridgehead atoms. The highest BCUT2D eigenvalue weighted by atomic mass is 35.5. The number of halogens is 1. The second-order valence-electron chi connectivity index (χ2n) is 12.8. The van der Waals surface area contributed by atoms with Crippen LogP contribution in [0.15, 0.2) is 53.7 Å². The lowest BCUT2D eigenvalue weighted by Gasteiger charge is -2.40. The van der Waals surface area contributed by atoms with Crippen LogP contribution in [0.4, 0.5) is 0 Å². The van der Waals surface area contributed by atoms with E-state index in [1.165, 1.54) is 43.8 Å². The first-order chi connectivity index (χ1) is 20.0. The first-order valence-electron chi connectivity index (χ1n) is 15.8. The van der Waals surface area contributed by atoms with Crippen molar-refractivity contribution in [2.45, 2.75) is 124 Å². The van der Waals surface area contributed by atoms with E-state index in [9.17, 15) is 0 Å². The minimum Gasteiger partial charge on any atom is -0.491 e. The van der Waals surface area contributed by atoms with Gasteiger partial charge in [-0.2, -0.15) is 0 Å². The zero-order valence-electron chi connectivity index (χ0n) is 29.7. The standard InChI is InChI=1S/C31H45ClN2OS.C5H10.C2H6/c1-20-14-15-21(2)29(22(20)3)23(4)30(24(5)35-31(6,7)8)34-18-12-13-25-26(19-33(9)10)27(32)16-17-28(25)36(34)11;1-4-5(2)3;1-2/h14-17,23,30H,5,11-13,18-19H2,1-4,6-10H3;2,4H2,1,3H3;1-2H3. The van der Waals surface area contributed by atoms with Crippen LogP contribution in [0.2, 0.25) is 5.02 Å². The molecule has 3 nitrogen and oxygen atoms in total. The van der Waals surface area contributed by atoms with Crippen molar-refractivity contribution in [3.05, 3.63) is 87.2 Å². The molecular formula is C38H61ClN2OS. The minimum atomic E-state index is -0.380. The second-order valence-corrected chi connectivity index (χ2v) is 14.9. The molecule has 2 aromatic rings. The molecule has 242 valence electrons. The van der Waals surface area contributed by atoms with Crippen LogP contribution in [0.5, 0.6) is 0 Å². The van der Waals surface area contributed by atoms with E-state index in [4.69, 9.17) is 22.2 Å². The monoisotopic (exact) mass is 628 g/mol. The van der Waals surface area contributed by atoms with E-state index in [1.807, 2.05) is 20.8 Å². The van der Waals surface area contributed by atoms with Gasteiger partial charge < -0.3 is 9.64 Å². The van der Waals surface area contributed by atoms with Crippen molar-refractivity contribution < 1.29 is 4.74 Å². The van der Waals surface area contributed by atoms with Gasteiger partial charge in [-0.3, -0.25) is 0 Å². The van der Waals surface area contributed by atoms with Crippen LogP contribution in [0.25, 0.3) is 0 Å². The summed E-state index contributed by atoms with van der Waals surface area (Å²) in [6.07, 6.45) is 3.16. The first-order valence-corrected chi connectivity index (χ1v) is 17.6. The molecule has 1 aliphatic heterocycles. The molecule has 0 amide bonds. The summed E-state index contributed by atoms with van der Waals surface area (Å²) in [4.78, 5) is 3.49. The van der Waals surface area contributed by atoms with E-state index in [0.717, 1.165) is 43.1 Å². The number of rotatable bonds is 8. The number of nitrogens with zero attached hydrogens (tertiary/aromatic N) is 2. The van der Waals surface area contributed by atoms with E-state index >= 15 is 0 Å². The number of aryl methyl sites for hydroxylation is 2. The smallest absolute Gasteiger partial charge is 0.108 e. The average Bonchev–Trinajstić information content (AvgIpc) is 3.07. The third kappa shape index (κ3) is 10.9. The molecule has 3 atom stereocenters. The number of ether oxygens (including phenoxy) is 1. The van der Waals surface area contributed by atoms with Gasteiger partial charge >= 0.3 is 0 Å². The number of allylic oxidation sites excluding steroid dienone is 1. The van der Waals surface area contributed by atoms with Crippen molar-refractivity contribution in [2.75, 3.05) is 20.6 Å². The van der Waals surface area contributed by atoms with Crippen molar-refractivity contribution >= 4 is 28.1 Å². The maximum Gasteiger partial charge on any atom is 0.108 e. The molecule has 1 heterocycles. The van der Waals surface area contributed by atoms with E-state index in [-0.39, 0.29) is 28.2 Å². The molecule has 0 fully saturated rings. The molecule has 0 radical (unpaired) electrons. The number of hydrogen-bond donors (Lipinski definition) is 0. The Hall–Kier alpha value is -1.85. The lowest BCUT2D eigenvalue weighted by molar-refractivity contribution is 0.0296. The van der Waals surface area contributed by atoms with Crippen molar-refractivity contribution in [1.29, 1.82) is 0 Å².